The zero-order chi connectivity index (χ0) is 13.2. The normalized spacial score (nSPS) is 17.7. The Hall–Kier alpha value is -1.36. The molecular formula is C13H21N3O2. The number of anilines is 1. The van der Waals surface area contributed by atoms with Crippen LogP contribution in [0.2, 0.25) is 0 Å². The first-order valence-electron chi connectivity index (χ1n) is 6.40. The summed E-state index contributed by atoms with van der Waals surface area (Å²) in [5.74, 6) is 0.142. The van der Waals surface area contributed by atoms with Gasteiger partial charge in [0.2, 0.25) is 5.91 Å². The Bertz CT molecular complexity index is 414. The molecule has 1 fully saturated rings. The predicted octanol–water partition coefficient (Wildman–Crippen LogP) is 2.00. The number of nitrogens with one attached hydrogen (secondary N) is 1. The molecule has 1 aliphatic rings. The van der Waals surface area contributed by atoms with Gasteiger partial charge in [-0.15, -0.1) is 0 Å². The molecule has 0 radical (unpaired) electrons. The molecule has 0 aliphatic carbocycles. The van der Waals surface area contributed by atoms with E-state index < -0.39 is 0 Å². The van der Waals surface area contributed by atoms with E-state index in [1.165, 1.54) is 0 Å². The molecule has 2 heterocycles. The lowest BCUT2D eigenvalue weighted by Crippen LogP contribution is -2.28. The third kappa shape index (κ3) is 3.10. The zero-order valence-electron chi connectivity index (χ0n) is 11.3. The Labute approximate surface area is 108 Å². The maximum Gasteiger partial charge on any atom is 0.227 e. The van der Waals surface area contributed by atoms with Gasteiger partial charge in [-0.05, 0) is 33.6 Å². The van der Waals surface area contributed by atoms with Crippen LogP contribution in [0.15, 0.2) is 12.4 Å². The van der Waals surface area contributed by atoms with Crippen LogP contribution in [0.5, 0.6) is 0 Å². The number of amides is 1. The number of nitrogens with zero attached hydrogens (tertiary/aromatic N) is 2. The van der Waals surface area contributed by atoms with Crippen LogP contribution in [-0.2, 0) is 15.1 Å². The molecule has 1 N–H and O–H groups in total. The average molecular weight is 251 g/mol. The summed E-state index contributed by atoms with van der Waals surface area (Å²) in [6, 6.07) is 0. The molecule has 1 aliphatic heterocycles. The van der Waals surface area contributed by atoms with Crippen molar-refractivity contribution in [3.63, 3.8) is 0 Å². The maximum atomic E-state index is 12.0. The van der Waals surface area contributed by atoms with E-state index in [-0.39, 0.29) is 17.4 Å². The summed E-state index contributed by atoms with van der Waals surface area (Å²) in [6.07, 6.45) is 5.18. The van der Waals surface area contributed by atoms with Gasteiger partial charge >= 0.3 is 0 Å². The van der Waals surface area contributed by atoms with Crippen molar-refractivity contribution in [3.8, 4) is 0 Å². The number of hydrogen-bond donors (Lipinski definition) is 1. The minimum absolute atomic E-state index is 0.0664. The van der Waals surface area contributed by atoms with Gasteiger partial charge in [0.25, 0.3) is 0 Å². The van der Waals surface area contributed by atoms with Crippen LogP contribution in [0.25, 0.3) is 0 Å². The Morgan fingerprint density at radius 1 is 1.44 bits per heavy atom. The maximum absolute atomic E-state index is 12.0. The number of carbonyl (C=O) groups excluding carboxylic acids is 1. The van der Waals surface area contributed by atoms with Crippen molar-refractivity contribution in [1.29, 1.82) is 0 Å². The fourth-order valence-corrected chi connectivity index (χ4v) is 1.96. The average Bonchev–Trinajstić information content (AvgIpc) is 2.78. The van der Waals surface area contributed by atoms with Crippen LogP contribution in [0.4, 0.5) is 5.69 Å². The summed E-state index contributed by atoms with van der Waals surface area (Å²) in [5, 5.41) is 7.19. The highest BCUT2D eigenvalue weighted by Crippen LogP contribution is 2.19. The topological polar surface area (TPSA) is 56.2 Å². The van der Waals surface area contributed by atoms with Crippen molar-refractivity contribution >= 4 is 11.6 Å². The molecule has 0 spiro atoms. The first-order chi connectivity index (χ1) is 8.47. The molecule has 1 amide bonds. The molecule has 1 saturated heterocycles. The second-order valence-corrected chi connectivity index (χ2v) is 5.72. The Morgan fingerprint density at radius 3 is 2.67 bits per heavy atom. The number of rotatable bonds is 2. The van der Waals surface area contributed by atoms with Crippen molar-refractivity contribution in [3.05, 3.63) is 12.4 Å². The number of hydrogen-bond acceptors (Lipinski definition) is 3. The van der Waals surface area contributed by atoms with E-state index >= 15 is 0 Å². The molecule has 1 aromatic heterocycles. The molecule has 2 rings (SSSR count). The summed E-state index contributed by atoms with van der Waals surface area (Å²) in [5.41, 5.74) is 0.697. The van der Waals surface area contributed by atoms with Crippen LogP contribution >= 0.6 is 0 Å². The van der Waals surface area contributed by atoms with E-state index in [1.807, 2.05) is 10.9 Å². The standard InChI is InChI=1S/C13H21N3O2/c1-13(2,3)16-9-11(8-14-16)15-12(17)10-4-6-18-7-5-10/h8-10H,4-7H2,1-3H3,(H,15,17). The highest BCUT2D eigenvalue weighted by Gasteiger charge is 2.22. The molecule has 100 valence electrons. The van der Waals surface area contributed by atoms with E-state index in [2.05, 4.69) is 31.2 Å². The van der Waals surface area contributed by atoms with Gasteiger partial charge in [-0.25, -0.2) is 0 Å². The minimum atomic E-state index is -0.0678. The summed E-state index contributed by atoms with van der Waals surface area (Å²) < 4.78 is 7.11. The Morgan fingerprint density at radius 2 is 2.11 bits per heavy atom. The Kier molecular flexibility index (Phi) is 3.71. The van der Waals surface area contributed by atoms with Crippen molar-refractivity contribution in [1.82, 2.24) is 9.78 Å². The number of ether oxygens (including phenoxy) is 1. The second kappa shape index (κ2) is 5.10. The third-order valence-corrected chi connectivity index (χ3v) is 3.13. The fraction of sp³-hybridized carbons (Fsp3) is 0.692. The van der Waals surface area contributed by atoms with Crippen LogP contribution in [0, 0.1) is 5.92 Å². The molecule has 0 atom stereocenters. The molecule has 5 nitrogen and oxygen atoms in total. The van der Waals surface area contributed by atoms with Crippen LogP contribution in [0.1, 0.15) is 33.6 Å². The van der Waals surface area contributed by atoms with Gasteiger partial charge in [0.05, 0.1) is 17.4 Å². The van der Waals surface area contributed by atoms with Gasteiger partial charge < -0.3 is 10.1 Å². The molecule has 5 heteroatoms. The lowest BCUT2D eigenvalue weighted by molar-refractivity contribution is -0.122. The molecule has 1 aromatic rings. The quantitative estimate of drug-likeness (QED) is 0.874. The van der Waals surface area contributed by atoms with Crippen LogP contribution < -0.4 is 5.32 Å². The molecule has 0 aromatic carbocycles. The molecule has 0 bridgehead atoms. The second-order valence-electron chi connectivity index (χ2n) is 5.72. The highest BCUT2D eigenvalue weighted by molar-refractivity contribution is 5.92. The fourth-order valence-electron chi connectivity index (χ4n) is 1.96. The van der Waals surface area contributed by atoms with Crippen molar-refractivity contribution in [2.45, 2.75) is 39.2 Å². The van der Waals surface area contributed by atoms with Crippen LogP contribution in [-0.4, -0.2) is 28.9 Å². The first kappa shape index (κ1) is 13.1. The summed E-state index contributed by atoms with van der Waals surface area (Å²) >= 11 is 0. The summed E-state index contributed by atoms with van der Waals surface area (Å²) in [7, 11) is 0. The van der Waals surface area contributed by atoms with Crippen molar-refractivity contribution in [2.24, 2.45) is 5.92 Å². The summed E-state index contributed by atoms with van der Waals surface area (Å²) in [6.45, 7) is 7.58. The lowest BCUT2D eigenvalue weighted by atomic mass is 9.99. The van der Waals surface area contributed by atoms with E-state index in [9.17, 15) is 4.79 Å². The number of aromatic nitrogens is 2. The monoisotopic (exact) mass is 251 g/mol. The largest absolute Gasteiger partial charge is 0.381 e. The van der Waals surface area contributed by atoms with Crippen molar-refractivity contribution in [2.75, 3.05) is 18.5 Å². The van der Waals surface area contributed by atoms with Gasteiger partial charge in [-0.3, -0.25) is 9.48 Å². The van der Waals surface area contributed by atoms with E-state index in [1.54, 1.807) is 6.20 Å². The molecular weight excluding hydrogens is 230 g/mol. The molecule has 0 unspecified atom stereocenters. The van der Waals surface area contributed by atoms with E-state index in [0.717, 1.165) is 18.5 Å². The van der Waals surface area contributed by atoms with Crippen molar-refractivity contribution < 1.29 is 9.53 Å². The van der Waals surface area contributed by atoms with E-state index in [0.29, 0.717) is 13.2 Å². The Balaban J connectivity index is 1.96. The van der Waals surface area contributed by atoms with Gasteiger partial charge in [-0.1, -0.05) is 0 Å². The highest BCUT2D eigenvalue weighted by atomic mass is 16.5. The molecule has 0 saturated carbocycles. The third-order valence-electron chi connectivity index (χ3n) is 3.13. The zero-order valence-corrected chi connectivity index (χ0v) is 11.3. The SMILES string of the molecule is CC(C)(C)n1cc(NC(=O)C2CCOCC2)cn1. The number of carbonyl (C=O) groups is 1. The predicted molar refractivity (Wildman–Crippen MR) is 69.4 cm³/mol. The summed E-state index contributed by atoms with van der Waals surface area (Å²) in [4.78, 5) is 12.0. The van der Waals surface area contributed by atoms with Gasteiger partial charge in [0.1, 0.15) is 0 Å². The van der Waals surface area contributed by atoms with Gasteiger partial charge in [0.15, 0.2) is 0 Å². The van der Waals surface area contributed by atoms with Crippen LogP contribution in [0.3, 0.4) is 0 Å². The lowest BCUT2D eigenvalue weighted by Gasteiger charge is -2.21. The smallest absolute Gasteiger partial charge is 0.227 e. The van der Waals surface area contributed by atoms with E-state index in [4.69, 9.17) is 4.74 Å². The minimum Gasteiger partial charge on any atom is -0.381 e. The first-order valence-corrected chi connectivity index (χ1v) is 6.40. The molecule has 18 heavy (non-hydrogen) atoms. The van der Waals surface area contributed by atoms with Gasteiger partial charge in [0, 0.05) is 25.3 Å². The van der Waals surface area contributed by atoms with Gasteiger partial charge in [-0.2, -0.15) is 5.10 Å².